The van der Waals surface area contributed by atoms with Crippen molar-refractivity contribution < 1.29 is 19.5 Å². The maximum atomic E-state index is 12.5. The highest BCUT2D eigenvalue weighted by atomic mass is 16.4. The van der Waals surface area contributed by atoms with Crippen molar-refractivity contribution in [3.05, 3.63) is 29.8 Å². The number of carbonyl (C=O) groups excluding carboxylic acids is 2. The van der Waals surface area contributed by atoms with E-state index in [4.69, 9.17) is 0 Å². The predicted molar refractivity (Wildman–Crippen MR) is 99.0 cm³/mol. The predicted octanol–water partition coefficient (Wildman–Crippen LogP) is 2.61. The van der Waals surface area contributed by atoms with Gasteiger partial charge in [0.2, 0.25) is 5.91 Å². The molecule has 0 saturated carbocycles. The molecule has 1 aromatic rings. The molecule has 26 heavy (non-hydrogen) atoms. The lowest BCUT2D eigenvalue weighted by molar-refractivity contribution is -0.143. The third-order valence-corrected chi connectivity index (χ3v) is 4.54. The summed E-state index contributed by atoms with van der Waals surface area (Å²) in [6.07, 6.45) is 2.43. The number of benzene rings is 1. The third-order valence-electron chi connectivity index (χ3n) is 4.54. The number of urea groups is 1. The fraction of sp³-hybridized carbons (Fsp3) is 0.526. The fourth-order valence-corrected chi connectivity index (χ4v) is 3.14. The van der Waals surface area contributed by atoms with Crippen molar-refractivity contribution in [2.45, 2.75) is 45.6 Å². The molecule has 0 aromatic heterocycles. The molecule has 3 amide bonds. The van der Waals surface area contributed by atoms with Crippen molar-refractivity contribution in [3.8, 4) is 0 Å². The summed E-state index contributed by atoms with van der Waals surface area (Å²) in [5.41, 5.74) is 1.77. The van der Waals surface area contributed by atoms with Crippen LogP contribution in [0.1, 0.15) is 38.2 Å². The van der Waals surface area contributed by atoms with Gasteiger partial charge in [0.1, 0.15) is 6.04 Å². The number of carboxylic acids is 1. The molecule has 0 spiro atoms. The highest BCUT2D eigenvalue weighted by molar-refractivity contribution is 5.90. The molecule has 7 heteroatoms. The van der Waals surface area contributed by atoms with Crippen LogP contribution in [0.15, 0.2) is 24.3 Å². The summed E-state index contributed by atoms with van der Waals surface area (Å²) in [7, 11) is 0. The van der Waals surface area contributed by atoms with Gasteiger partial charge in [0, 0.05) is 18.8 Å². The lowest BCUT2D eigenvalue weighted by atomic mass is 9.96. The number of rotatable bonds is 6. The van der Waals surface area contributed by atoms with Crippen molar-refractivity contribution in [3.63, 3.8) is 0 Å². The van der Waals surface area contributed by atoms with Crippen LogP contribution in [0.2, 0.25) is 0 Å². The number of piperidine rings is 1. The van der Waals surface area contributed by atoms with E-state index in [-0.39, 0.29) is 17.9 Å². The van der Waals surface area contributed by atoms with Crippen LogP contribution in [0.5, 0.6) is 0 Å². The molecule has 142 valence electrons. The maximum absolute atomic E-state index is 12.5. The summed E-state index contributed by atoms with van der Waals surface area (Å²) < 4.78 is 0. The zero-order valence-electron chi connectivity index (χ0n) is 15.3. The Bertz CT molecular complexity index is 662. The van der Waals surface area contributed by atoms with Gasteiger partial charge in [-0.1, -0.05) is 25.5 Å². The molecule has 2 atom stereocenters. The molecule has 2 unspecified atom stereocenters. The van der Waals surface area contributed by atoms with E-state index >= 15 is 0 Å². The molecule has 7 nitrogen and oxygen atoms in total. The van der Waals surface area contributed by atoms with Crippen molar-refractivity contribution in [2.75, 3.05) is 18.4 Å². The molecular weight excluding hydrogens is 334 g/mol. The molecule has 0 bridgehead atoms. The summed E-state index contributed by atoms with van der Waals surface area (Å²) in [4.78, 5) is 37.7. The van der Waals surface area contributed by atoms with E-state index < -0.39 is 12.0 Å². The van der Waals surface area contributed by atoms with Crippen molar-refractivity contribution in [1.82, 2.24) is 10.2 Å². The van der Waals surface area contributed by atoms with Gasteiger partial charge >= 0.3 is 12.0 Å². The van der Waals surface area contributed by atoms with Gasteiger partial charge in [-0.15, -0.1) is 0 Å². The number of aryl methyl sites for hydroxylation is 1. The Morgan fingerprint density at radius 3 is 2.77 bits per heavy atom. The first-order chi connectivity index (χ1) is 12.4. The van der Waals surface area contributed by atoms with Crippen LogP contribution >= 0.6 is 0 Å². The molecule has 1 saturated heterocycles. The van der Waals surface area contributed by atoms with Gasteiger partial charge in [0.05, 0.1) is 5.92 Å². The third kappa shape index (κ3) is 5.47. The highest BCUT2D eigenvalue weighted by Crippen LogP contribution is 2.19. The highest BCUT2D eigenvalue weighted by Gasteiger charge is 2.30. The normalized spacial score (nSPS) is 18.1. The maximum Gasteiger partial charge on any atom is 0.326 e. The SMILES string of the molecule is CCCC(NC(=O)C1CCCN(C(=O)Nc2cccc(C)c2)C1)C(=O)O. The summed E-state index contributed by atoms with van der Waals surface area (Å²) in [5, 5.41) is 14.6. The van der Waals surface area contributed by atoms with E-state index in [0.717, 1.165) is 11.3 Å². The standard InChI is InChI=1S/C19H27N3O4/c1-3-6-16(18(24)25)21-17(23)14-8-5-10-22(12-14)19(26)20-15-9-4-7-13(2)11-15/h4,7,9,11,14,16H,3,5-6,8,10,12H2,1-2H3,(H,20,26)(H,21,23)(H,24,25). The van der Waals surface area contributed by atoms with Crippen LogP contribution < -0.4 is 10.6 Å². The molecule has 1 fully saturated rings. The number of aliphatic carboxylic acids is 1. The first-order valence-corrected chi connectivity index (χ1v) is 9.06. The Kier molecular flexibility index (Phi) is 7.00. The van der Waals surface area contributed by atoms with Crippen LogP contribution in [-0.2, 0) is 9.59 Å². The Morgan fingerprint density at radius 1 is 1.35 bits per heavy atom. The average Bonchev–Trinajstić information content (AvgIpc) is 2.61. The quantitative estimate of drug-likeness (QED) is 0.725. The van der Waals surface area contributed by atoms with Gasteiger partial charge < -0.3 is 20.6 Å². The molecule has 1 aliphatic rings. The minimum Gasteiger partial charge on any atom is -0.480 e. The largest absolute Gasteiger partial charge is 0.480 e. The Labute approximate surface area is 153 Å². The summed E-state index contributed by atoms with van der Waals surface area (Å²) in [5.74, 6) is -1.70. The second kappa shape index (κ2) is 9.22. The van der Waals surface area contributed by atoms with E-state index in [1.807, 2.05) is 38.1 Å². The van der Waals surface area contributed by atoms with Crippen molar-refractivity contribution in [1.29, 1.82) is 0 Å². The van der Waals surface area contributed by atoms with Crippen LogP contribution in [0, 0.1) is 12.8 Å². The Hall–Kier alpha value is -2.57. The van der Waals surface area contributed by atoms with Gasteiger partial charge in [0.25, 0.3) is 0 Å². The van der Waals surface area contributed by atoms with Crippen LogP contribution in [-0.4, -0.2) is 47.0 Å². The number of hydrogen-bond donors (Lipinski definition) is 3. The van der Waals surface area contributed by atoms with Crippen molar-refractivity contribution >= 4 is 23.6 Å². The number of nitrogens with one attached hydrogen (secondary N) is 2. The number of carbonyl (C=O) groups is 3. The molecule has 1 aromatic carbocycles. The number of amides is 3. The Morgan fingerprint density at radius 2 is 2.12 bits per heavy atom. The van der Waals surface area contributed by atoms with Gasteiger partial charge in [0.15, 0.2) is 0 Å². The topological polar surface area (TPSA) is 98.7 Å². The number of carboxylic acid groups (broad SMARTS) is 1. The molecule has 0 aliphatic carbocycles. The van der Waals surface area contributed by atoms with Gasteiger partial charge in [-0.3, -0.25) is 4.79 Å². The van der Waals surface area contributed by atoms with Crippen LogP contribution in [0.3, 0.4) is 0 Å². The van der Waals surface area contributed by atoms with Crippen molar-refractivity contribution in [2.24, 2.45) is 5.92 Å². The van der Waals surface area contributed by atoms with Gasteiger partial charge in [-0.05, 0) is 43.9 Å². The van der Waals surface area contributed by atoms with E-state index in [1.54, 1.807) is 4.90 Å². The monoisotopic (exact) mass is 361 g/mol. The first kappa shape index (κ1) is 19.8. The minimum absolute atomic E-state index is 0.239. The second-order valence-electron chi connectivity index (χ2n) is 6.77. The molecule has 0 radical (unpaired) electrons. The van der Waals surface area contributed by atoms with E-state index in [0.29, 0.717) is 38.8 Å². The number of likely N-dealkylation sites (tertiary alicyclic amines) is 1. The average molecular weight is 361 g/mol. The van der Waals surface area contributed by atoms with E-state index in [2.05, 4.69) is 10.6 Å². The minimum atomic E-state index is -1.02. The van der Waals surface area contributed by atoms with Gasteiger partial charge in [-0.2, -0.15) is 0 Å². The summed E-state index contributed by atoms with van der Waals surface area (Å²) in [6, 6.07) is 6.42. The van der Waals surface area contributed by atoms with E-state index in [1.165, 1.54) is 0 Å². The van der Waals surface area contributed by atoms with Crippen LogP contribution in [0.25, 0.3) is 0 Å². The van der Waals surface area contributed by atoms with Gasteiger partial charge in [-0.25, -0.2) is 9.59 Å². The molecule has 2 rings (SSSR count). The number of anilines is 1. The first-order valence-electron chi connectivity index (χ1n) is 9.06. The van der Waals surface area contributed by atoms with E-state index in [9.17, 15) is 19.5 Å². The molecule has 1 heterocycles. The smallest absolute Gasteiger partial charge is 0.326 e. The molecular formula is C19H27N3O4. The lowest BCUT2D eigenvalue weighted by Gasteiger charge is -2.32. The number of hydrogen-bond acceptors (Lipinski definition) is 3. The fourth-order valence-electron chi connectivity index (χ4n) is 3.14. The van der Waals surface area contributed by atoms with Crippen LogP contribution in [0.4, 0.5) is 10.5 Å². The second-order valence-corrected chi connectivity index (χ2v) is 6.77. The zero-order valence-corrected chi connectivity index (χ0v) is 15.3. The lowest BCUT2D eigenvalue weighted by Crippen LogP contribution is -2.50. The Balaban J connectivity index is 1.94. The summed E-state index contributed by atoms with van der Waals surface area (Å²) >= 11 is 0. The molecule has 3 N–H and O–H groups in total. The number of nitrogens with zero attached hydrogens (tertiary/aromatic N) is 1. The summed E-state index contributed by atoms with van der Waals surface area (Å²) in [6.45, 7) is 4.70. The zero-order chi connectivity index (χ0) is 19.1. The molecule has 1 aliphatic heterocycles.